The van der Waals surface area contributed by atoms with Gasteiger partial charge in [-0.25, -0.2) is 0 Å². The topological polar surface area (TPSA) is 43.4 Å². The molecule has 33 heavy (non-hydrogen) atoms. The highest BCUT2D eigenvalue weighted by molar-refractivity contribution is 8.03. The van der Waals surface area contributed by atoms with Gasteiger partial charge in [-0.1, -0.05) is 66.4 Å². The second-order valence-corrected chi connectivity index (χ2v) is 9.56. The predicted octanol–water partition coefficient (Wildman–Crippen LogP) is 7.67. The molecule has 4 heteroatoms. The number of hydrogen-bond donors (Lipinski definition) is 0. The van der Waals surface area contributed by atoms with Crippen LogP contribution in [0.3, 0.4) is 0 Å². The number of carbonyl (C=O) groups is 1. The molecule has 1 unspecified atom stereocenters. The molecule has 1 aliphatic heterocycles. The summed E-state index contributed by atoms with van der Waals surface area (Å²) < 4.78 is 12.1. The minimum Gasteiger partial charge on any atom is -0.460 e. The van der Waals surface area contributed by atoms with Crippen LogP contribution in [0, 0.1) is 0 Å². The SMILES string of the molecule is O=C1C2=C(C=CC1c1cc3ccccc3o1)Sc1ccc(-c3cc4ccccc4o3)cc1C2. The third-order valence-corrected chi connectivity index (χ3v) is 7.65. The first-order valence-electron chi connectivity index (χ1n) is 11.0. The number of allylic oxidation sites excluding steroid dienone is 3. The van der Waals surface area contributed by atoms with Crippen molar-refractivity contribution in [2.75, 3.05) is 0 Å². The molecular formula is C29H18O3S. The number of para-hydroxylation sites is 2. The van der Waals surface area contributed by atoms with Gasteiger partial charge in [0.25, 0.3) is 0 Å². The zero-order chi connectivity index (χ0) is 21.9. The molecule has 3 nitrogen and oxygen atoms in total. The molecule has 0 N–H and O–H groups in total. The van der Waals surface area contributed by atoms with Gasteiger partial charge in [-0.05, 0) is 42.0 Å². The summed E-state index contributed by atoms with van der Waals surface area (Å²) in [5, 5.41) is 2.11. The van der Waals surface area contributed by atoms with Gasteiger partial charge in [0.05, 0.1) is 5.92 Å². The molecule has 0 bridgehead atoms. The molecular weight excluding hydrogens is 428 g/mol. The molecule has 2 aromatic heterocycles. The Morgan fingerprint density at radius 3 is 2.36 bits per heavy atom. The Bertz CT molecular complexity index is 1580. The Labute approximate surface area is 194 Å². The summed E-state index contributed by atoms with van der Waals surface area (Å²) in [6.45, 7) is 0. The maximum absolute atomic E-state index is 13.5. The molecule has 3 aromatic carbocycles. The van der Waals surface area contributed by atoms with Crippen LogP contribution in [0.4, 0.5) is 0 Å². The highest BCUT2D eigenvalue weighted by atomic mass is 32.2. The van der Waals surface area contributed by atoms with Crippen LogP contribution >= 0.6 is 11.8 Å². The normalized spacial score (nSPS) is 17.6. The molecule has 1 aliphatic carbocycles. The number of rotatable bonds is 2. The number of hydrogen-bond acceptors (Lipinski definition) is 4. The number of thioether (sulfide) groups is 1. The first-order chi connectivity index (χ1) is 16.2. The minimum absolute atomic E-state index is 0.124. The fourth-order valence-corrected chi connectivity index (χ4v) is 5.81. The number of furan rings is 2. The average molecular weight is 447 g/mol. The lowest BCUT2D eigenvalue weighted by Crippen LogP contribution is -2.20. The van der Waals surface area contributed by atoms with Gasteiger partial charge in [-0.2, -0.15) is 0 Å². The van der Waals surface area contributed by atoms with E-state index in [0.29, 0.717) is 12.2 Å². The lowest BCUT2D eigenvalue weighted by atomic mass is 9.86. The molecule has 0 radical (unpaired) electrons. The van der Waals surface area contributed by atoms with Gasteiger partial charge in [0.15, 0.2) is 5.78 Å². The molecule has 158 valence electrons. The summed E-state index contributed by atoms with van der Waals surface area (Å²) in [6, 6.07) is 26.4. The minimum atomic E-state index is -0.378. The number of fused-ring (bicyclic) bond motifs is 3. The monoisotopic (exact) mass is 446 g/mol. The van der Waals surface area contributed by atoms with Crippen LogP contribution in [0.2, 0.25) is 0 Å². The standard InChI is InChI=1S/C29H18O3S/c30-29-21(26-16-18-6-2-4-8-24(18)32-26)10-12-28-22(29)14-20-13-19(9-11-27(20)33-28)25-15-17-5-1-3-7-23(17)31-25/h1-13,15-16,21H,14H2. The van der Waals surface area contributed by atoms with Gasteiger partial charge in [0, 0.05) is 38.1 Å². The zero-order valence-corrected chi connectivity index (χ0v) is 18.4. The Kier molecular flexibility index (Phi) is 4.05. The molecule has 0 spiro atoms. The van der Waals surface area contributed by atoms with E-state index in [1.54, 1.807) is 11.8 Å². The number of Topliss-reactive ketones (excluding diaryl/α,β-unsaturated/α-hetero) is 1. The van der Waals surface area contributed by atoms with Crippen molar-refractivity contribution in [1.29, 1.82) is 0 Å². The predicted molar refractivity (Wildman–Crippen MR) is 131 cm³/mol. The summed E-state index contributed by atoms with van der Waals surface area (Å²) >= 11 is 1.67. The Morgan fingerprint density at radius 2 is 1.58 bits per heavy atom. The van der Waals surface area contributed by atoms with E-state index >= 15 is 0 Å². The van der Waals surface area contributed by atoms with E-state index in [-0.39, 0.29) is 11.7 Å². The molecule has 7 rings (SSSR count). The van der Waals surface area contributed by atoms with Gasteiger partial charge in [0.1, 0.15) is 22.7 Å². The molecule has 0 amide bonds. The van der Waals surface area contributed by atoms with Crippen molar-refractivity contribution in [3.8, 4) is 11.3 Å². The molecule has 1 atom stereocenters. The number of carbonyl (C=O) groups excluding carboxylic acids is 1. The molecule has 0 saturated heterocycles. The maximum atomic E-state index is 13.5. The lowest BCUT2D eigenvalue weighted by Gasteiger charge is -2.25. The van der Waals surface area contributed by atoms with Gasteiger partial charge >= 0.3 is 0 Å². The summed E-state index contributed by atoms with van der Waals surface area (Å²) in [5.74, 6) is 1.30. The number of benzene rings is 3. The second kappa shape index (κ2) is 7.12. The fraction of sp³-hybridized carbons (Fsp3) is 0.0690. The van der Waals surface area contributed by atoms with Gasteiger partial charge in [-0.15, -0.1) is 0 Å². The van der Waals surface area contributed by atoms with E-state index in [2.05, 4.69) is 36.4 Å². The van der Waals surface area contributed by atoms with Crippen molar-refractivity contribution in [3.05, 3.63) is 113 Å². The Hall–Kier alpha value is -3.76. The Morgan fingerprint density at radius 1 is 0.818 bits per heavy atom. The summed E-state index contributed by atoms with van der Waals surface area (Å²) in [7, 11) is 0. The quantitative estimate of drug-likeness (QED) is 0.279. The highest BCUT2D eigenvalue weighted by Crippen LogP contribution is 2.45. The van der Waals surface area contributed by atoms with Crippen LogP contribution in [0.5, 0.6) is 0 Å². The van der Waals surface area contributed by atoms with Crippen molar-refractivity contribution >= 4 is 39.5 Å². The van der Waals surface area contributed by atoms with Gasteiger partial charge in [0.2, 0.25) is 0 Å². The van der Waals surface area contributed by atoms with Crippen LogP contribution in [0.1, 0.15) is 17.2 Å². The van der Waals surface area contributed by atoms with Crippen molar-refractivity contribution in [2.24, 2.45) is 0 Å². The van der Waals surface area contributed by atoms with E-state index in [1.165, 1.54) is 4.90 Å². The zero-order valence-electron chi connectivity index (χ0n) is 17.6. The summed E-state index contributed by atoms with van der Waals surface area (Å²) in [6.07, 6.45) is 4.67. The van der Waals surface area contributed by atoms with Gasteiger partial charge in [-0.3, -0.25) is 4.79 Å². The molecule has 2 aliphatic rings. The van der Waals surface area contributed by atoms with Crippen LogP contribution in [-0.2, 0) is 11.2 Å². The largest absolute Gasteiger partial charge is 0.460 e. The van der Waals surface area contributed by atoms with E-state index < -0.39 is 0 Å². The van der Waals surface area contributed by atoms with E-state index in [9.17, 15) is 4.79 Å². The van der Waals surface area contributed by atoms with Crippen molar-refractivity contribution in [1.82, 2.24) is 0 Å². The smallest absolute Gasteiger partial charge is 0.174 e. The molecule has 3 heterocycles. The van der Waals surface area contributed by atoms with Crippen LogP contribution < -0.4 is 0 Å². The van der Waals surface area contributed by atoms with E-state index in [0.717, 1.165) is 49.3 Å². The summed E-state index contributed by atoms with van der Waals surface area (Å²) in [4.78, 5) is 15.7. The highest BCUT2D eigenvalue weighted by Gasteiger charge is 2.32. The van der Waals surface area contributed by atoms with Crippen LogP contribution in [0.25, 0.3) is 33.3 Å². The van der Waals surface area contributed by atoms with Crippen molar-refractivity contribution < 1.29 is 13.6 Å². The van der Waals surface area contributed by atoms with E-state index in [1.807, 2.05) is 54.6 Å². The third kappa shape index (κ3) is 3.02. The molecule has 5 aromatic rings. The lowest BCUT2D eigenvalue weighted by molar-refractivity contribution is -0.116. The average Bonchev–Trinajstić information content (AvgIpc) is 3.47. The fourth-order valence-electron chi connectivity index (χ4n) is 4.73. The van der Waals surface area contributed by atoms with E-state index in [4.69, 9.17) is 8.83 Å². The molecule has 0 saturated carbocycles. The first kappa shape index (κ1) is 18.8. The molecule has 0 fully saturated rings. The first-order valence-corrected chi connectivity index (χ1v) is 11.8. The van der Waals surface area contributed by atoms with Crippen LogP contribution in [0.15, 0.2) is 115 Å². The number of ketones is 1. The van der Waals surface area contributed by atoms with Crippen molar-refractivity contribution in [3.63, 3.8) is 0 Å². The summed E-state index contributed by atoms with van der Waals surface area (Å²) in [5.41, 5.74) is 4.74. The second-order valence-electron chi connectivity index (χ2n) is 8.48. The maximum Gasteiger partial charge on any atom is 0.174 e. The Balaban J connectivity index is 1.22. The van der Waals surface area contributed by atoms with Crippen molar-refractivity contribution in [2.45, 2.75) is 17.2 Å². The third-order valence-electron chi connectivity index (χ3n) is 6.43. The van der Waals surface area contributed by atoms with Crippen LogP contribution in [-0.4, -0.2) is 5.78 Å². The van der Waals surface area contributed by atoms with Gasteiger partial charge < -0.3 is 8.83 Å².